The van der Waals surface area contributed by atoms with Crippen LogP contribution in [0.25, 0.3) is 0 Å². The van der Waals surface area contributed by atoms with Gasteiger partial charge in [-0.2, -0.15) is 0 Å². The number of aryl methyl sites for hydroxylation is 1. The van der Waals surface area contributed by atoms with Crippen LogP contribution in [0.2, 0.25) is 0 Å². The summed E-state index contributed by atoms with van der Waals surface area (Å²) in [7, 11) is 1.30. The molecule has 2 aromatic heterocycles. The first-order valence-electron chi connectivity index (χ1n) is 5.85. The molecule has 0 saturated carbocycles. The summed E-state index contributed by atoms with van der Waals surface area (Å²) in [6.45, 7) is 1.88. The summed E-state index contributed by atoms with van der Waals surface area (Å²) in [5.41, 5.74) is 1.12. The number of rotatable bonds is 4. The fourth-order valence-corrected chi connectivity index (χ4v) is 1.55. The first-order chi connectivity index (χ1) is 9.60. The molecule has 1 N–H and O–H groups in total. The second-order valence-corrected chi connectivity index (χ2v) is 4.03. The van der Waals surface area contributed by atoms with E-state index in [2.05, 4.69) is 20.2 Å². The van der Waals surface area contributed by atoms with Crippen molar-refractivity contribution in [3.8, 4) is 0 Å². The highest BCUT2D eigenvalue weighted by molar-refractivity contribution is 5.92. The lowest BCUT2D eigenvalue weighted by Gasteiger charge is -2.04. The van der Waals surface area contributed by atoms with Gasteiger partial charge in [0.1, 0.15) is 5.76 Å². The number of ether oxygens (including phenoxy) is 1. The van der Waals surface area contributed by atoms with Crippen molar-refractivity contribution >= 4 is 11.9 Å². The van der Waals surface area contributed by atoms with Gasteiger partial charge in [-0.25, -0.2) is 4.79 Å². The Morgan fingerprint density at radius 2 is 2.20 bits per heavy atom. The van der Waals surface area contributed by atoms with Gasteiger partial charge in [-0.1, -0.05) is 5.16 Å². The molecule has 0 saturated heterocycles. The number of methoxy groups -OCH3 is 1. The van der Waals surface area contributed by atoms with Crippen molar-refractivity contribution in [2.24, 2.45) is 0 Å². The maximum Gasteiger partial charge on any atom is 0.337 e. The molecule has 0 aliphatic heterocycles. The van der Waals surface area contributed by atoms with E-state index < -0.39 is 5.97 Å². The SMILES string of the molecule is COC(=O)c1ccnc(CNC(=O)c2cc(C)on2)c1. The fourth-order valence-electron chi connectivity index (χ4n) is 1.55. The summed E-state index contributed by atoms with van der Waals surface area (Å²) >= 11 is 0. The second-order valence-electron chi connectivity index (χ2n) is 4.03. The number of esters is 1. The van der Waals surface area contributed by atoms with Crippen molar-refractivity contribution in [3.63, 3.8) is 0 Å². The molecule has 7 heteroatoms. The molecular formula is C13H13N3O4. The van der Waals surface area contributed by atoms with Crippen molar-refractivity contribution < 1.29 is 18.8 Å². The lowest BCUT2D eigenvalue weighted by Crippen LogP contribution is -2.23. The highest BCUT2D eigenvalue weighted by Gasteiger charge is 2.11. The Morgan fingerprint density at radius 1 is 1.40 bits per heavy atom. The zero-order valence-corrected chi connectivity index (χ0v) is 11.0. The van der Waals surface area contributed by atoms with Gasteiger partial charge in [-0.15, -0.1) is 0 Å². The van der Waals surface area contributed by atoms with Crippen LogP contribution in [0.4, 0.5) is 0 Å². The molecule has 0 unspecified atom stereocenters. The Morgan fingerprint density at radius 3 is 2.85 bits per heavy atom. The number of aromatic nitrogens is 2. The van der Waals surface area contributed by atoms with Crippen LogP contribution in [0.1, 0.15) is 32.3 Å². The molecule has 0 aliphatic carbocycles. The van der Waals surface area contributed by atoms with Crippen molar-refractivity contribution in [2.45, 2.75) is 13.5 Å². The van der Waals surface area contributed by atoms with Gasteiger partial charge in [-0.3, -0.25) is 9.78 Å². The zero-order chi connectivity index (χ0) is 14.5. The minimum Gasteiger partial charge on any atom is -0.465 e. The lowest BCUT2D eigenvalue weighted by atomic mass is 10.2. The largest absolute Gasteiger partial charge is 0.465 e. The third kappa shape index (κ3) is 3.19. The number of carbonyl (C=O) groups is 2. The van der Waals surface area contributed by atoms with E-state index >= 15 is 0 Å². The van der Waals surface area contributed by atoms with Crippen molar-refractivity contribution in [1.29, 1.82) is 0 Å². The highest BCUT2D eigenvalue weighted by atomic mass is 16.5. The number of nitrogens with one attached hydrogen (secondary N) is 1. The molecular weight excluding hydrogens is 262 g/mol. The van der Waals surface area contributed by atoms with Crippen LogP contribution in [0.5, 0.6) is 0 Å². The average molecular weight is 275 g/mol. The average Bonchev–Trinajstić information content (AvgIpc) is 2.91. The number of nitrogens with zero attached hydrogens (tertiary/aromatic N) is 2. The van der Waals surface area contributed by atoms with E-state index in [0.717, 1.165) is 0 Å². The minimum atomic E-state index is -0.452. The van der Waals surface area contributed by atoms with E-state index in [4.69, 9.17) is 4.52 Å². The van der Waals surface area contributed by atoms with Crippen LogP contribution in [-0.2, 0) is 11.3 Å². The zero-order valence-electron chi connectivity index (χ0n) is 11.0. The summed E-state index contributed by atoms with van der Waals surface area (Å²) in [6.07, 6.45) is 1.48. The fraction of sp³-hybridized carbons (Fsp3) is 0.231. The smallest absolute Gasteiger partial charge is 0.337 e. The first kappa shape index (κ1) is 13.7. The van der Waals surface area contributed by atoms with Gasteiger partial charge in [0.15, 0.2) is 5.69 Å². The van der Waals surface area contributed by atoms with Gasteiger partial charge in [0, 0.05) is 12.3 Å². The lowest BCUT2D eigenvalue weighted by molar-refractivity contribution is 0.0600. The van der Waals surface area contributed by atoms with E-state index in [1.165, 1.54) is 25.4 Å². The molecule has 20 heavy (non-hydrogen) atoms. The third-order valence-electron chi connectivity index (χ3n) is 2.53. The molecule has 1 amide bonds. The molecule has 0 atom stereocenters. The molecule has 0 radical (unpaired) electrons. The Hall–Kier alpha value is -2.70. The Bertz CT molecular complexity index is 636. The summed E-state index contributed by atoms with van der Waals surface area (Å²) in [6, 6.07) is 4.63. The van der Waals surface area contributed by atoms with Crippen LogP contribution < -0.4 is 5.32 Å². The minimum absolute atomic E-state index is 0.176. The normalized spacial score (nSPS) is 10.1. The first-order valence-corrected chi connectivity index (χ1v) is 5.85. The topological polar surface area (TPSA) is 94.3 Å². The molecule has 0 fully saturated rings. The molecule has 7 nitrogen and oxygen atoms in total. The van der Waals surface area contributed by atoms with Crippen LogP contribution in [-0.4, -0.2) is 29.1 Å². The van der Waals surface area contributed by atoms with E-state index in [1.807, 2.05) is 0 Å². The monoisotopic (exact) mass is 275 g/mol. The summed E-state index contributed by atoms with van der Waals surface area (Å²) < 4.78 is 9.43. The van der Waals surface area contributed by atoms with Crippen LogP contribution in [0.3, 0.4) is 0 Å². The van der Waals surface area contributed by atoms with Crippen LogP contribution in [0.15, 0.2) is 28.9 Å². The van der Waals surface area contributed by atoms with Crippen molar-refractivity contribution in [1.82, 2.24) is 15.5 Å². The number of amides is 1. The van der Waals surface area contributed by atoms with Gasteiger partial charge >= 0.3 is 5.97 Å². The summed E-state index contributed by atoms with van der Waals surface area (Å²) in [5.74, 6) is -0.264. The van der Waals surface area contributed by atoms with Gasteiger partial charge in [0.25, 0.3) is 5.91 Å². The Balaban J connectivity index is 2.00. The molecule has 0 aromatic carbocycles. The quantitative estimate of drug-likeness (QED) is 0.839. The number of pyridine rings is 1. The third-order valence-corrected chi connectivity index (χ3v) is 2.53. The molecule has 0 aliphatic rings. The second kappa shape index (κ2) is 5.96. The maximum absolute atomic E-state index is 11.8. The van der Waals surface area contributed by atoms with E-state index in [-0.39, 0.29) is 18.1 Å². The summed E-state index contributed by atoms with van der Waals surface area (Å²) in [5, 5.41) is 6.24. The molecule has 2 aromatic rings. The van der Waals surface area contributed by atoms with Crippen LogP contribution >= 0.6 is 0 Å². The van der Waals surface area contributed by atoms with Crippen molar-refractivity contribution in [3.05, 3.63) is 47.1 Å². The molecule has 104 valence electrons. The molecule has 2 heterocycles. The highest BCUT2D eigenvalue weighted by Crippen LogP contribution is 2.05. The number of hydrogen-bond donors (Lipinski definition) is 1. The molecule has 0 spiro atoms. The standard InChI is InChI=1S/C13H13N3O4/c1-8-5-11(16-20-8)12(17)15-7-10-6-9(3-4-14-10)13(18)19-2/h3-6H,7H2,1-2H3,(H,15,17). The van der Waals surface area contributed by atoms with E-state index in [9.17, 15) is 9.59 Å². The molecule has 0 bridgehead atoms. The predicted molar refractivity (Wildman–Crippen MR) is 68.0 cm³/mol. The Labute approximate surface area is 114 Å². The van der Waals surface area contributed by atoms with Gasteiger partial charge in [-0.05, 0) is 19.1 Å². The maximum atomic E-state index is 11.8. The van der Waals surface area contributed by atoms with Gasteiger partial charge < -0.3 is 14.6 Å². The number of hydrogen-bond acceptors (Lipinski definition) is 6. The van der Waals surface area contributed by atoms with E-state index in [1.54, 1.807) is 13.0 Å². The Kier molecular flexibility index (Phi) is 4.09. The van der Waals surface area contributed by atoms with E-state index in [0.29, 0.717) is 17.0 Å². The molecule has 2 rings (SSSR count). The number of carbonyl (C=O) groups excluding carboxylic acids is 2. The van der Waals surface area contributed by atoms with Gasteiger partial charge in [0.05, 0.1) is 24.9 Å². The predicted octanol–water partition coefficient (Wildman–Crippen LogP) is 1.09. The van der Waals surface area contributed by atoms with Crippen LogP contribution in [0, 0.1) is 6.92 Å². The van der Waals surface area contributed by atoms with Crippen molar-refractivity contribution in [2.75, 3.05) is 7.11 Å². The summed E-state index contributed by atoms with van der Waals surface area (Å²) in [4.78, 5) is 27.2. The van der Waals surface area contributed by atoms with Gasteiger partial charge in [0.2, 0.25) is 0 Å².